The predicted octanol–water partition coefficient (Wildman–Crippen LogP) is 4.10. The van der Waals surface area contributed by atoms with Crippen LogP contribution in [-0.2, 0) is 0 Å². The highest BCUT2D eigenvalue weighted by molar-refractivity contribution is 9.10. The summed E-state index contributed by atoms with van der Waals surface area (Å²) < 4.78 is 0.932. The van der Waals surface area contributed by atoms with Crippen molar-refractivity contribution in [1.82, 2.24) is 4.98 Å². The van der Waals surface area contributed by atoms with Gasteiger partial charge in [0.2, 0.25) is 0 Å². The molecule has 1 fully saturated rings. The Balaban J connectivity index is 1.99. The Kier molecular flexibility index (Phi) is 3.21. The van der Waals surface area contributed by atoms with Crippen molar-refractivity contribution in [3.63, 3.8) is 0 Å². The minimum Gasteiger partial charge on any atom is -0.369 e. The molecule has 1 aliphatic carbocycles. The van der Waals surface area contributed by atoms with Crippen molar-refractivity contribution in [3.05, 3.63) is 21.8 Å². The molecule has 0 bridgehead atoms. The van der Waals surface area contributed by atoms with E-state index in [1.165, 1.54) is 19.3 Å². The zero-order chi connectivity index (χ0) is 10.9. The van der Waals surface area contributed by atoms with Gasteiger partial charge in [0, 0.05) is 12.7 Å². The first kappa shape index (κ1) is 11.2. The number of anilines is 1. The number of nitrogens with zero attached hydrogens (tertiary/aromatic N) is 1. The molecule has 4 heteroatoms. The van der Waals surface area contributed by atoms with Gasteiger partial charge in [0.1, 0.15) is 5.82 Å². The third kappa shape index (κ3) is 2.64. The average Bonchev–Trinajstić information content (AvgIpc) is 2.97. The van der Waals surface area contributed by atoms with Gasteiger partial charge in [0.25, 0.3) is 0 Å². The summed E-state index contributed by atoms with van der Waals surface area (Å²) in [5.74, 6) is 0.888. The number of hydrogen-bond donors (Lipinski definition) is 1. The van der Waals surface area contributed by atoms with E-state index < -0.39 is 0 Å². The minimum atomic E-state index is 0.529. The van der Waals surface area contributed by atoms with E-state index in [9.17, 15) is 0 Å². The number of pyridine rings is 1. The third-order valence-corrected chi connectivity index (χ3v) is 3.96. The van der Waals surface area contributed by atoms with Gasteiger partial charge in [0.15, 0.2) is 0 Å². The van der Waals surface area contributed by atoms with Crippen LogP contribution in [0.2, 0.25) is 5.02 Å². The monoisotopic (exact) mass is 288 g/mol. The molecule has 82 valence electrons. The largest absolute Gasteiger partial charge is 0.369 e. The lowest BCUT2D eigenvalue weighted by Crippen LogP contribution is -2.15. The molecule has 0 saturated heterocycles. The molecule has 0 aliphatic heterocycles. The Morgan fingerprint density at radius 3 is 2.87 bits per heavy atom. The summed E-state index contributed by atoms with van der Waals surface area (Å²) in [6.45, 7) is 3.26. The Hall–Kier alpha value is -0.280. The van der Waals surface area contributed by atoms with Crippen molar-refractivity contribution in [2.45, 2.75) is 26.2 Å². The second kappa shape index (κ2) is 4.30. The van der Waals surface area contributed by atoms with Crippen molar-refractivity contribution >= 4 is 33.3 Å². The first-order valence-electron chi connectivity index (χ1n) is 5.20. The summed E-state index contributed by atoms with van der Waals surface area (Å²) in [5, 5.41) is 4.03. The molecular weight excluding hydrogens is 275 g/mol. The Bertz CT molecular complexity index is 364. The number of hydrogen-bond acceptors (Lipinski definition) is 2. The number of halogens is 2. The molecule has 1 N–H and O–H groups in total. The zero-order valence-corrected chi connectivity index (χ0v) is 11.0. The van der Waals surface area contributed by atoms with Crippen LogP contribution in [0.3, 0.4) is 0 Å². The van der Waals surface area contributed by atoms with Crippen molar-refractivity contribution in [3.8, 4) is 0 Å². The minimum absolute atomic E-state index is 0.529. The van der Waals surface area contributed by atoms with E-state index in [1.807, 2.05) is 6.07 Å². The molecule has 0 atom stereocenters. The first-order valence-corrected chi connectivity index (χ1v) is 6.37. The Labute approximate surface area is 104 Å². The summed E-state index contributed by atoms with van der Waals surface area (Å²) in [6.07, 6.45) is 5.58. The maximum atomic E-state index is 5.83. The zero-order valence-electron chi connectivity index (χ0n) is 8.69. The van der Waals surface area contributed by atoms with Crippen LogP contribution in [0.5, 0.6) is 0 Å². The average molecular weight is 290 g/mol. The molecule has 2 rings (SSSR count). The van der Waals surface area contributed by atoms with Gasteiger partial charge < -0.3 is 5.32 Å². The van der Waals surface area contributed by atoms with E-state index in [2.05, 4.69) is 33.2 Å². The Morgan fingerprint density at radius 1 is 1.60 bits per heavy atom. The maximum absolute atomic E-state index is 5.83. The molecular formula is C11H14BrClN2. The lowest BCUT2D eigenvalue weighted by Gasteiger charge is -2.14. The molecule has 0 aromatic carbocycles. The summed E-state index contributed by atoms with van der Waals surface area (Å²) in [4.78, 5) is 4.25. The Morgan fingerprint density at radius 2 is 2.33 bits per heavy atom. The lowest BCUT2D eigenvalue weighted by atomic mass is 10.0. The van der Waals surface area contributed by atoms with E-state index in [1.54, 1.807) is 6.20 Å². The molecule has 1 aliphatic rings. The van der Waals surface area contributed by atoms with Gasteiger partial charge in [-0.2, -0.15) is 0 Å². The molecule has 0 amide bonds. The molecule has 0 radical (unpaired) electrons. The summed E-state index contributed by atoms with van der Waals surface area (Å²) in [5.41, 5.74) is 0.529. The van der Waals surface area contributed by atoms with Crippen LogP contribution in [-0.4, -0.2) is 11.5 Å². The second-order valence-corrected chi connectivity index (χ2v) is 5.48. The van der Waals surface area contributed by atoms with Crippen LogP contribution in [0, 0.1) is 5.41 Å². The molecule has 1 aromatic heterocycles. The van der Waals surface area contributed by atoms with E-state index in [-0.39, 0.29) is 0 Å². The second-order valence-electron chi connectivity index (χ2n) is 4.19. The topological polar surface area (TPSA) is 24.9 Å². The van der Waals surface area contributed by atoms with Crippen LogP contribution < -0.4 is 5.32 Å². The third-order valence-electron chi connectivity index (χ3n) is 3.15. The fourth-order valence-electron chi connectivity index (χ4n) is 1.65. The van der Waals surface area contributed by atoms with Crippen LogP contribution >= 0.6 is 27.5 Å². The van der Waals surface area contributed by atoms with E-state index >= 15 is 0 Å². The standard InChI is InChI=1S/C11H14BrClN2/c1-2-11(3-4-11)7-15-10-9(12)5-8(13)6-14-10/h5-6H,2-4,7H2,1H3,(H,14,15). The van der Waals surface area contributed by atoms with Crippen molar-refractivity contribution < 1.29 is 0 Å². The molecule has 15 heavy (non-hydrogen) atoms. The summed E-state index contributed by atoms with van der Waals surface area (Å²) >= 11 is 9.27. The van der Waals surface area contributed by atoms with Gasteiger partial charge in [-0.1, -0.05) is 18.5 Å². The van der Waals surface area contributed by atoms with E-state index in [0.717, 1.165) is 16.8 Å². The fraction of sp³-hybridized carbons (Fsp3) is 0.545. The normalized spacial score (nSPS) is 17.5. The van der Waals surface area contributed by atoms with Crippen LogP contribution in [0.1, 0.15) is 26.2 Å². The number of rotatable bonds is 4. The van der Waals surface area contributed by atoms with E-state index in [0.29, 0.717) is 10.4 Å². The molecule has 1 aromatic rings. The van der Waals surface area contributed by atoms with Gasteiger partial charge in [-0.25, -0.2) is 4.98 Å². The molecule has 1 saturated carbocycles. The van der Waals surface area contributed by atoms with Crippen molar-refractivity contribution in [1.29, 1.82) is 0 Å². The highest BCUT2D eigenvalue weighted by Gasteiger charge is 2.40. The lowest BCUT2D eigenvalue weighted by molar-refractivity contribution is 0.520. The number of aromatic nitrogens is 1. The quantitative estimate of drug-likeness (QED) is 0.902. The highest BCUT2D eigenvalue weighted by atomic mass is 79.9. The maximum Gasteiger partial charge on any atom is 0.140 e. The van der Waals surface area contributed by atoms with Crippen LogP contribution in [0.25, 0.3) is 0 Å². The van der Waals surface area contributed by atoms with Gasteiger partial charge in [-0.05, 0) is 46.7 Å². The summed E-state index contributed by atoms with van der Waals surface area (Å²) in [7, 11) is 0. The van der Waals surface area contributed by atoms with Crippen molar-refractivity contribution in [2.24, 2.45) is 5.41 Å². The van der Waals surface area contributed by atoms with E-state index in [4.69, 9.17) is 11.6 Å². The van der Waals surface area contributed by atoms with Crippen LogP contribution in [0.15, 0.2) is 16.7 Å². The van der Waals surface area contributed by atoms with Crippen LogP contribution in [0.4, 0.5) is 5.82 Å². The smallest absolute Gasteiger partial charge is 0.140 e. The summed E-state index contributed by atoms with van der Waals surface area (Å²) in [6, 6.07) is 1.86. The SMILES string of the molecule is CCC1(CNc2ncc(Cl)cc2Br)CC1. The first-order chi connectivity index (χ1) is 7.15. The van der Waals surface area contributed by atoms with Crippen molar-refractivity contribution in [2.75, 3.05) is 11.9 Å². The van der Waals surface area contributed by atoms with Gasteiger partial charge in [-0.15, -0.1) is 0 Å². The fourth-order valence-corrected chi connectivity index (χ4v) is 2.43. The molecule has 1 heterocycles. The number of nitrogens with one attached hydrogen (secondary N) is 1. The molecule has 2 nitrogen and oxygen atoms in total. The van der Waals surface area contributed by atoms with Gasteiger partial charge in [0.05, 0.1) is 9.50 Å². The highest BCUT2D eigenvalue weighted by Crippen LogP contribution is 2.48. The molecule has 0 unspecified atom stereocenters. The predicted molar refractivity (Wildman–Crippen MR) is 67.4 cm³/mol. The van der Waals surface area contributed by atoms with Gasteiger partial charge in [-0.3, -0.25) is 0 Å². The molecule has 0 spiro atoms. The van der Waals surface area contributed by atoms with Gasteiger partial charge >= 0.3 is 0 Å².